The van der Waals surface area contributed by atoms with Gasteiger partial charge < -0.3 is 4.74 Å². The Balaban J connectivity index is 2.06. The van der Waals surface area contributed by atoms with Gasteiger partial charge in [-0.2, -0.15) is 0 Å². The number of carbonyl (C=O) groups is 1. The fourth-order valence-corrected chi connectivity index (χ4v) is 4.96. The Morgan fingerprint density at radius 1 is 0.838 bits per heavy atom. The molecule has 4 heteroatoms. The van der Waals surface area contributed by atoms with Gasteiger partial charge in [-0.05, 0) is 30.0 Å². The molecule has 0 N–H and O–H groups in total. The van der Waals surface area contributed by atoms with Gasteiger partial charge in [-0.3, -0.25) is 14.6 Å². The van der Waals surface area contributed by atoms with Crippen molar-refractivity contribution in [3.8, 4) is 0 Å². The summed E-state index contributed by atoms with van der Waals surface area (Å²) >= 11 is 0. The van der Waals surface area contributed by atoms with Crippen molar-refractivity contribution in [1.82, 2.24) is 9.80 Å². The van der Waals surface area contributed by atoms with Crippen molar-refractivity contribution in [2.24, 2.45) is 5.92 Å². The first-order valence-corrected chi connectivity index (χ1v) is 13.0. The van der Waals surface area contributed by atoms with Crippen LogP contribution in [0.15, 0.2) is 116 Å². The number of allylic oxidation sites excluding steroid dienone is 1. The van der Waals surface area contributed by atoms with E-state index in [0.29, 0.717) is 26.1 Å². The minimum absolute atomic E-state index is 0.0747. The van der Waals surface area contributed by atoms with E-state index in [9.17, 15) is 4.79 Å². The molecule has 0 fully saturated rings. The van der Waals surface area contributed by atoms with Crippen LogP contribution in [0.25, 0.3) is 0 Å². The van der Waals surface area contributed by atoms with Crippen LogP contribution >= 0.6 is 0 Å². The zero-order valence-corrected chi connectivity index (χ0v) is 22.2. The molecule has 4 nitrogen and oxygen atoms in total. The number of methoxy groups -OCH3 is 1. The van der Waals surface area contributed by atoms with Crippen LogP contribution < -0.4 is 0 Å². The Morgan fingerprint density at radius 3 is 1.89 bits per heavy atom. The summed E-state index contributed by atoms with van der Waals surface area (Å²) in [6.45, 7) is 13.1. The van der Waals surface area contributed by atoms with Gasteiger partial charge in [-0.1, -0.05) is 103 Å². The number of carbonyl (C=O) groups excluding carboxylic acids is 1. The van der Waals surface area contributed by atoms with Crippen LogP contribution in [0.3, 0.4) is 0 Å². The zero-order valence-electron chi connectivity index (χ0n) is 22.2. The number of esters is 1. The lowest BCUT2D eigenvalue weighted by molar-refractivity contribution is -0.149. The molecule has 194 valence electrons. The second kappa shape index (κ2) is 14.9. The molecule has 0 saturated heterocycles. The van der Waals surface area contributed by atoms with E-state index in [1.54, 1.807) is 0 Å². The predicted molar refractivity (Wildman–Crippen MR) is 153 cm³/mol. The lowest BCUT2D eigenvalue weighted by Crippen LogP contribution is -2.51. The summed E-state index contributed by atoms with van der Waals surface area (Å²) in [5.74, 6) is -0.568. The second-order valence-corrected chi connectivity index (χ2v) is 9.43. The lowest BCUT2D eigenvalue weighted by Gasteiger charge is -2.42. The van der Waals surface area contributed by atoms with Gasteiger partial charge in [0.1, 0.15) is 0 Å². The Bertz CT molecular complexity index is 1090. The maximum absolute atomic E-state index is 13.2. The molecular weight excluding hydrogens is 456 g/mol. The molecule has 0 amide bonds. The Morgan fingerprint density at radius 2 is 1.38 bits per heavy atom. The second-order valence-electron chi connectivity index (χ2n) is 9.43. The molecule has 0 aliphatic carbocycles. The fourth-order valence-electron chi connectivity index (χ4n) is 4.96. The van der Waals surface area contributed by atoms with E-state index in [0.717, 1.165) is 6.54 Å². The number of nitrogens with zero attached hydrogens (tertiary/aromatic N) is 2. The van der Waals surface area contributed by atoms with E-state index >= 15 is 0 Å². The Hall–Kier alpha value is -3.47. The van der Waals surface area contributed by atoms with Crippen molar-refractivity contribution in [3.63, 3.8) is 0 Å². The summed E-state index contributed by atoms with van der Waals surface area (Å²) in [6.07, 6.45) is 4.30. The third-order valence-corrected chi connectivity index (χ3v) is 6.88. The number of benzene rings is 3. The van der Waals surface area contributed by atoms with Crippen LogP contribution in [0.4, 0.5) is 0 Å². The third-order valence-electron chi connectivity index (χ3n) is 6.88. The first-order valence-electron chi connectivity index (χ1n) is 13.0. The highest BCUT2D eigenvalue weighted by Gasteiger charge is 2.36. The highest BCUT2D eigenvalue weighted by atomic mass is 16.5. The summed E-state index contributed by atoms with van der Waals surface area (Å²) in [5.41, 5.74) is 3.65. The number of ether oxygens (including phenoxy) is 1. The van der Waals surface area contributed by atoms with Gasteiger partial charge in [-0.25, -0.2) is 0 Å². The van der Waals surface area contributed by atoms with Gasteiger partial charge in [0, 0.05) is 38.3 Å². The van der Waals surface area contributed by atoms with E-state index in [1.807, 2.05) is 30.4 Å². The van der Waals surface area contributed by atoms with Crippen molar-refractivity contribution in [1.29, 1.82) is 0 Å². The highest BCUT2D eigenvalue weighted by molar-refractivity contribution is 5.73. The molecule has 0 aromatic heterocycles. The van der Waals surface area contributed by atoms with Crippen LogP contribution in [-0.2, 0) is 22.6 Å². The molecule has 0 unspecified atom stereocenters. The highest BCUT2D eigenvalue weighted by Crippen LogP contribution is 2.31. The zero-order chi connectivity index (χ0) is 26.5. The maximum Gasteiger partial charge on any atom is 0.310 e. The van der Waals surface area contributed by atoms with E-state index < -0.39 is 0 Å². The van der Waals surface area contributed by atoms with E-state index in [4.69, 9.17) is 4.74 Å². The fraction of sp³-hybridized carbons (Fsp3) is 0.303. The topological polar surface area (TPSA) is 32.8 Å². The van der Waals surface area contributed by atoms with Gasteiger partial charge >= 0.3 is 5.97 Å². The van der Waals surface area contributed by atoms with Crippen LogP contribution in [-0.4, -0.2) is 42.0 Å². The SMILES string of the molecule is C=CC[C@H](C(=O)OC)[C@H](CN(CC=C)Cc1ccccc1)N(Cc1ccccc1)[C@@H](C)c1ccccc1. The lowest BCUT2D eigenvalue weighted by atomic mass is 9.91. The van der Waals surface area contributed by atoms with E-state index in [-0.39, 0.29) is 24.0 Å². The van der Waals surface area contributed by atoms with Gasteiger partial charge in [-0.15, -0.1) is 13.2 Å². The number of hydrogen-bond acceptors (Lipinski definition) is 4. The van der Waals surface area contributed by atoms with Gasteiger partial charge in [0.05, 0.1) is 13.0 Å². The summed E-state index contributed by atoms with van der Waals surface area (Å²) in [5, 5.41) is 0. The van der Waals surface area contributed by atoms with Crippen LogP contribution in [0.2, 0.25) is 0 Å². The molecule has 0 heterocycles. The molecule has 0 saturated carbocycles. The summed E-state index contributed by atoms with van der Waals surface area (Å²) in [7, 11) is 1.48. The first kappa shape index (κ1) is 28.1. The first-order chi connectivity index (χ1) is 18.1. The summed E-state index contributed by atoms with van der Waals surface area (Å²) in [4.78, 5) is 18.0. The van der Waals surface area contributed by atoms with Crippen molar-refractivity contribution in [2.75, 3.05) is 20.2 Å². The smallest absolute Gasteiger partial charge is 0.310 e. The number of hydrogen-bond donors (Lipinski definition) is 0. The average molecular weight is 497 g/mol. The van der Waals surface area contributed by atoms with Crippen molar-refractivity contribution < 1.29 is 9.53 Å². The van der Waals surface area contributed by atoms with Gasteiger partial charge in [0.25, 0.3) is 0 Å². The molecule has 3 rings (SSSR count). The molecule has 0 aliphatic rings. The minimum Gasteiger partial charge on any atom is -0.469 e. The van der Waals surface area contributed by atoms with Crippen molar-refractivity contribution >= 4 is 5.97 Å². The largest absolute Gasteiger partial charge is 0.469 e. The Kier molecular flexibility index (Phi) is 11.3. The standard InChI is InChI=1S/C33H40N2O2/c1-5-16-31(33(36)37-4)32(26-34(23-6-2)24-28-17-10-7-11-18-28)35(25-29-19-12-8-13-20-29)27(3)30-21-14-9-15-22-30/h5-15,17-22,27,31-32H,1-2,16,23-26H2,3-4H3/t27-,31-,32-/m0/s1. The normalized spacial score (nSPS) is 13.6. The monoisotopic (exact) mass is 496 g/mol. The minimum atomic E-state index is -0.361. The van der Waals surface area contributed by atoms with Crippen LogP contribution in [0, 0.1) is 5.92 Å². The van der Waals surface area contributed by atoms with Crippen molar-refractivity contribution in [3.05, 3.63) is 133 Å². The molecular formula is C33H40N2O2. The van der Waals surface area contributed by atoms with E-state index in [2.05, 4.69) is 103 Å². The van der Waals surface area contributed by atoms with Gasteiger partial charge in [0.2, 0.25) is 0 Å². The Labute approximate surface area is 222 Å². The molecule has 3 aromatic carbocycles. The van der Waals surface area contributed by atoms with Crippen LogP contribution in [0.1, 0.15) is 36.1 Å². The molecule has 37 heavy (non-hydrogen) atoms. The average Bonchev–Trinajstić information content (AvgIpc) is 2.94. The molecule has 3 aromatic rings. The molecule has 0 radical (unpaired) electrons. The molecule has 0 bridgehead atoms. The number of rotatable bonds is 15. The van der Waals surface area contributed by atoms with Crippen LogP contribution in [0.5, 0.6) is 0 Å². The van der Waals surface area contributed by atoms with E-state index in [1.165, 1.54) is 23.8 Å². The van der Waals surface area contributed by atoms with Gasteiger partial charge in [0.15, 0.2) is 0 Å². The molecule has 0 spiro atoms. The third kappa shape index (κ3) is 8.28. The maximum atomic E-state index is 13.2. The summed E-state index contributed by atoms with van der Waals surface area (Å²) in [6, 6.07) is 31.3. The molecule has 0 aliphatic heterocycles. The predicted octanol–water partition coefficient (Wildman–Crippen LogP) is 6.67. The van der Waals surface area contributed by atoms with Crippen molar-refractivity contribution in [2.45, 2.75) is 38.5 Å². The molecule has 3 atom stereocenters. The summed E-state index contributed by atoms with van der Waals surface area (Å²) < 4.78 is 5.34. The quantitative estimate of drug-likeness (QED) is 0.174.